The van der Waals surface area contributed by atoms with Crippen LogP contribution >= 0.6 is 0 Å². The minimum Gasteiger partial charge on any atom is -0.494 e. The Balaban J connectivity index is 1.80. The Bertz CT molecular complexity index is 705. The van der Waals surface area contributed by atoms with Crippen molar-refractivity contribution in [2.75, 3.05) is 18.5 Å². The van der Waals surface area contributed by atoms with Gasteiger partial charge >= 0.3 is 0 Å². The molecular formula is C23H29NO3. The van der Waals surface area contributed by atoms with Gasteiger partial charge in [0.05, 0.1) is 13.2 Å². The molecule has 0 saturated heterocycles. The molecule has 0 aliphatic rings. The highest BCUT2D eigenvalue weighted by Crippen LogP contribution is 2.17. The predicted molar refractivity (Wildman–Crippen MR) is 111 cm³/mol. The molecule has 1 amide bonds. The van der Waals surface area contributed by atoms with Gasteiger partial charge in [-0.25, -0.2) is 0 Å². The molecule has 4 heteroatoms. The molecule has 4 nitrogen and oxygen atoms in total. The van der Waals surface area contributed by atoms with Gasteiger partial charge in [0.15, 0.2) is 0 Å². The first-order chi connectivity index (χ1) is 13.2. The molecule has 0 heterocycles. The van der Waals surface area contributed by atoms with E-state index in [1.807, 2.05) is 48.5 Å². The van der Waals surface area contributed by atoms with Crippen molar-refractivity contribution in [2.24, 2.45) is 0 Å². The fourth-order valence-electron chi connectivity index (χ4n) is 2.33. The van der Waals surface area contributed by atoms with E-state index in [2.05, 4.69) is 19.2 Å². The molecule has 2 aromatic rings. The summed E-state index contributed by atoms with van der Waals surface area (Å²) in [7, 11) is 0. The van der Waals surface area contributed by atoms with Crippen LogP contribution in [-0.4, -0.2) is 19.1 Å². The van der Waals surface area contributed by atoms with E-state index in [1.54, 1.807) is 6.08 Å². The molecular weight excluding hydrogens is 338 g/mol. The third-order valence-corrected chi connectivity index (χ3v) is 3.96. The molecule has 0 saturated carbocycles. The maximum absolute atomic E-state index is 12.1. The largest absolute Gasteiger partial charge is 0.494 e. The Morgan fingerprint density at radius 2 is 1.37 bits per heavy atom. The number of carbonyl (C=O) groups is 1. The van der Waals surface area contributed by atoms with E-state index < -0.39 is 0 Å². The molecule has 0 atom stereocenters. The smallest absolute Gasteiger partial charge is 0.248 e. The van der Waals surface area contributed by atoms with Crippen LogP contribution in [0.25, 0.3) is 6.08 Å². The van der Waals surface area contributed by atoms with Crippen LogP contribution in [0.3, 0.4) is 0 Å². The lowest BCUT2D eigenvalue weighted by Crippen LogP contribution is -2.07. The number of carbonyl (C=O) groups excluding carboxylic acids is 1. The quantitative estimate of drug-likeness (QED) is 0.409. The highest BCUT2D eigenvalue weighted by molar-refractivity contribution is 6.01. The summed E-state index contributed by atoms with van der Waals surface area (Å²) in [6, 6.07) is 15.1. The Labute approximate surface area is 162 Å². The lowest BCUT2D eigenvalue weighted by molar-refractivity contribution is -0.111. The van der Waals surface area contributed by atoms with Crippen LogP contribution in [0.5, 0.6) is 11.5 Å². The van der Waals surface area contributed by atoms with Gasteiger partial charge in [0.1, 0.15) is 11.5 Å². The zero-order valence-electron chi connectivity index (χ0n) is 16.2. The summed E-state index contributed by atoms with van der Waals surface area (Å²) in [6.45, 7) is 5.72. The van der Waals surface area contributed by atoms with E-state index in [4.69, 9.17) is 9.47 Å². The summed E-state index contributed by atoms with van der Waals surface area (Å²) >= 11 is 0. The summed E-state index contributed by atoms with van der Waals surface area (Å²) in [6.07, 6.45) is 7.62. The normalized spacial score (nSPS) is 10.7. The second kappa shape index (κ2) is 11.8. The number of unbranched alkanes of at least 4 members (excludes halogenated alkanes) is 2. The number of benzene rings is 2. The van der Waals surface area contributed by atoms with Gasteiger partial charge in [0, 0.05) is 11.8 Å². The van der Waals surface area contributed by atoms with E-state index in [-0.39, 0.29) is 5.91 Å². The number of hydrogen-bond donors (Lipinski definition) is 1. The Morgan fingerprint density at radius 3 is 1.89 bits per heavy atom. The van der Waals surface area contributed by atoms with Crippen LogP contribution in [0.15, 0.2) is 54.6 Å². The third-order valence-electron chi connectivity index (χ3n) is 3.96. The van der Waals surface area contributed by atoms with Gasteiger partial charge in [0.25, 0.3) is 0 Å². The van der Waals surface area contributed by atoms with Crippen LogP contribution in [-0.2, 0) is 4.79 Å². The van der Waals surface area contributed by atoms with Gasteiger partial charge in [-0.15, -0.1) is 0 Å². The van der Waals surface area contributed by atoms with Gasteiger partial charge in [-0.05, 0) is 60.9 Å². The number of ether oxygens (including phenoxy) is 2. The molecule has 0 aliphatic carbocycles. The Morgan fingerprint density at radius 1 is 0.852 bits per heavy atom. The highest BCUT2D eigenvalue weighted by atomic mass is 16.5. The highest BCUT2D eigenvalue weighted by Gasteiger charge is 2.00. The average molecular weight is 367 g/mol. The maximum atomic E-state index is 12.1. The standard InChI is InChI=1S/C23H29NO3/c1-3-5-17-26-21-12-7-19(8-13-21)9-16-23(25)24-20-10-14-22(15-11-20)27-18-6-4-2/h7-16H,3-6,17-18H2,1-2H3,(H,24,25)/b16-9+. The van der Waals surface area contributed by atoms with Crippen molar-refractivity contribution in [3.8, 4) is 11.5 Å². The van der Waals surface area contributed by atoms with Crippen molar-refractivity contribution in [1.29, 1.82) is 0 Å². The number of rotatable bonds is 11. The summed E-state index contributed by atoms with van der Waals surface area (Å²) in [5.74, 6) is 1.50. The predicted octanol–water partition coefficient (Wildman–Crippen LogP) is 5.70. The zero-order valence-corrected chi connectivity index (χ0v) is 16.2. The van der Waals surface area contributed by atoms with Gasteiger partial charge in [0.2, 0.25) is 5.91 Å². The average Bonchev–Trinajstić information content (AvgIpc) is 2.69. The topological polar surface area (TPSA) is 47.6 Å². The summed E-state index contributed by atoms with van der Waals surface area (Å²) in [5.41, 5.74) is 1.69. The van der Waals surface area contributed by atoms with Crippen molar-refractivity contribution in [3.05, 3.63) is 60.2 Å². The number of hydrogen-bond acceptors (Lipinski definition) is 3. The van der Waals surface area contributed by atoms with Gasteiger partial charge in [-0.2, -0.15) is 0 Å². The van der Waals surface area contributed by atoms with Crippen LogP contribution in [0.1, 0.15) is 45.1 Å². The van der Waals surface area contributed by atoms with E-state index in [0.29, 0.717) is 6.61 Å². The fourth-order valence-corrected chi connectivity index (χ4v) is 2.33. The van der Waals surface area contributed by atoms with Crippen LogP contribution in [0.2, 0.25) is 0 Å². The van der Waals surface area contributed by atoms with Gasteiger partial charge in [-0.1, -0.05) is 38.8 Å². The molecule has 2 rings (SSSR count). The van der Waals surface area contributed by atoms with Crippen molar-refractivity contribution in [2.45, 2.75) is 39.5 Å². The van der Waals surface area contributed by atoms with Gasteiger partial charge in [-0.3, -0.25) is 4.79 Å². The first-order valence-electron chi connectivity index (χ1n) is 9.66. The van der Waals surface area contributed by atoms with E-state index in [1.165, 1.54) is 6.08 Å². The molecule has 0 unspecified atom stereocenters. The molecule has 1 N–H and O–H groups in total. The van der Waals surface area contributed by atoms with E-state index in [0.717, 1.165) is 55.0 Å². The second-order valence-electron chi connectivity index (χ2n) is 6.32. The molecule has 0 aliphatic heterocycles. The number of amides is 1. The number of nitrogens with one attached hydrogen (secondary N) is 1. The lowest BCUT2D eigenvalue weighted by Gasteiger charge is -2.07. The molecule has 27 heavy (non-hydrogen) atoms. The molecule has 0 aromatic heterocycles. The van der Waals surface area contributed by atoms with E-state index in [9.17, 15) is 4.79 Å². The second-order valence-corrected chi connectivity index (χ2v) is 6.32. The van der Waals surface area contributed by atoms with E-state index >= 15 is 0 Å². The van der Waals surface area contributed by atoms with Crippen LogP contribution in [0.4, 0.5) is 5.69 Å². The molecule has 144 valence electrons. The molecule has 0 fully saturated rings. The summed E-state index contributed by atoms with van der Waals surface area (Å²) in [5, 5.41) is 2.85. The Hall–Kier alpha value is -2.75. The van der Waals surface area contributed by atoms with Crippen molar-refractivity contribution in [3.63, 3.8) is 0 Å². The SMILES string of the molecule is CCCCOc1ccc(/C=C/C(=O)Nc2ccc(OCCCC)cc2)cc1. The van der Waals surface area contributed by atoms with Crippen molar-refractivity contribution < 1.29 is 14.3 Å². The van der Waals surface area contributed by atoms with Crippen molar-refractivity contribution >= 4 is 17.7 Å². The summed E-state index contributed by atoms with van der Waals surface area (Å²) < 4.78 is 11.2. The fraction of sp³-hybridized carbons (Fsp3) is 0.348. The first kappa shape index (κ1) is 20.6. The monoisotopic (exact) mass is 367 g/mol. The maximum Gasteiger partial charge on any atom is 0.248 e. The number of anilines is 1. The Kier molecular flexibility index (Phi) is 8.98. The lowest BCUT2D eigenvalue weighted by atomic mass is 10.2. The zero-order chi connectivity index (χ0) is 19.3. The van der Waals surface area contributed by atoms with Crippen LogP contribution < -0.4 is 14.8 Å². The molecule has 2 aromatic carbocycles. The molecule has 0 bridgehead atoms. The minimum atomic E-state index is -0.169. The molecule has 0 radical (unpaired) electrons. The molecule has 0 spiro atoms. The summed E-state index contributed by atoms with van der Waals surface area (Å²) in [4.78, 5) is 12.1. The van der Waals surface area contributed by atoms with Crippen LogP contribution in [0, 0.1) is 0 Å². The first-order valence-corrected chi connectivity index (χ1v) is 9.66. The van der Waals surface area contributed by atoms with Gasteiger partial charge < -0.3 is 14.8 Å². The third kappa shape index (κ3) is 7.99. The minimum absolute atomic E-state index is 0.169. The van der Waals surface area contributed by atoms with Crippen molar-refractivity contribution in [1.82, 2.24) is 0 Å².